The van der Waals surface area contributed by atoms with Gasteiger partial charge in [-0.1, -0.05) is 33.8 Å². The quantitative estimate of drug-likeness (QED) is 0.157. The van der Waals surface area contributed by atoms with E-state index in [9.17, 15) is 19.2 Å². The molecule has 3 aromatic heterocycles. The molecule has 0 radical (unpaired) electrons. The van der Waals surface area contributed by atoms with E-state index in [1.807, 2.05) is 32.9 Å². The van der Waals surface area contributed by atoms with Crippen molar-refractivity contribution in [2.75, 3.05) is 27.3 Å². The summed E-state index contributed by atoms with van der Waals surface area (Å²) in [5, 5.41) is 5.53. The average molecular weight is 819 g/mol. The summed E-state index contributed by atoms with van der Waals surface area (Å²) in [6.45, 7) is 14.7. The Bertz CT molecular complexity index is 2430. The maximum absolute atomic E-state index is 14.6. The van der Waals surface area contributed by atoms with Crippen molar-refractivity contribution in [2.45, 2.75) is 105 Å². The molecule has 2 aliphatic rings. The van der Waals surface area contributed by atoms with E-state index in [-0.39, 0.29) is 31.0 Å². The van der Waals surface area contributed by atoms with E-state index in [2.05, 4.69) is 76.4 Å². The fraction of sp³-hybridized carbons (Fsp3) is 0.478. The maximum atomic E-state index is 14.6. The topological polar surface area (TPSA) is 164 Å². The summed E-state index contributed by atoms with van der Waals surface area (Å²) in [5.41, 5.74) is 11.8. The number of rotatable bonds is 8. The molecule has 3 amide bonds. The van der Waals surface area contributed by atoms with Gasteiger partial charge in [-0.25, -0.2) is 10.4 Å². The lowest BCUT2D eigenvalue weighted by molar-refractivity contribution is -0.155. The van der Waals surface area contributed by atoms with Gasteiger partial charge in [0.05, 0.1) is 41.5 Å². The highest BCUT2D eigenvalue weighted by atomic mass is 16.5. The molecule has 0 saturated carbocycles. The first-order valence-corrected chi connectivity index (χ1v) is 21.0. The van der Waals surface area contributed by atoms with Crippen LogP contribution in [0.1, 0.15) is 84.2 Å². The molecule has 0 aliphatic carbocycles. The Balaban J connectivity index is 1.43. The maximum Gasteiger partial charge on any atom is 0.324 e. The number of likely N-dealkylation sites (N-methyl/N-ethyl adjacent to an activating group) is 1. The fourth-order valence-corrected chi connectivity index (χ4v) is 8.92. The molecule has 14 heteroatoms. The highest BCUT2D eigenvalue weighted by Gasteiger charge is 2.37. The second-order valence-corrected chi connectivity index (χ2v) is 17.4. The summed E-state index contributed by atoms with van der Waals surface area (Å²) in [6, 6.07) is 12.0. The fourth-order valence-electron chi connectivity index (χ4n) is 8.92. The number of methoxy groups -OCH3 is 1. The number of ether oxygens (including phenoxy) is 2. The van der Waals surface area contributed by atoms with Gasteiger partial charge in [-0.05, 0) is 97.7 Å². The second kappa shape index (κ2) is 17.2. The zero-order valence-electron chi connectivity index (χ0n) is 36.2. The lowest BCUT2D eigenvalue weighted by Gasteiger charge is -2.36. The van der Waals surface area contributed by atoms with Crippen molar-refractivity contribution in [3.63, 3.8) is 0 Å². The first-order valence-electron chi connectivity index (χ1n) is 21.0. The van der Waals surface area contributed by atoms with Crippen molar-refractivity contribution in [1.29, 1.82) is 0 Å². The SMILES string of the molecule is CCn1c(-c2cccnc2[C@H](C)OC)c2c3cc(ccc31)-c1cc(c3nc[nH]c3c1)C[C@H](NC(=O)[C@H](C(C)C)N(C)C(C)=O)C(=O)N1CCC[C@H](N1)C(=O)OCC(C)(C)C2. The molecule has 7 rings (SSSR count). The predicted octanol–water partition coefficient (Wildman–Crippen LogP) is 6.13. The zero-order chi connectivity index (χ0) is 43.0. The number of aromatic amines is 1. The summed E-state index contributed by atoms with van der Waals surface area (Å²) in [7, 11) is 3.28. The number of aromatic nitrogens is 4. The number of imidazole rings is 1. The van der Waals surface area contributed by atoms with E-state index in [4.69, 9.17) is 14.5 Å². The molecular formula is C46H58N8O6. The Labute approximate surface area is 351 Å². The molecule has 0 spiro atoms. The molecule has 0 unspecified atom stereocenters. The number of aryl methyl sites for hydroxylation is 1. The van der Waals surface area contributed by atoms with Crippen molar-refractivity contribution in [2.24, 2.45) is 11.3 Å². The van der Waals surface area contributed by atoms with Crippen LogP contribution in [0.5, 0.6) is 0 Å². The van der Waals surface area contributed by atoms with E-state index in [1.165, 1.54) is 16.8 Å². The summed E-state index contributed by atoms with van der Waals surface area (Å²) in [5.74, 6) is -1.79. The number of H-pyrrole nitrogens is 1. The molecule has 6 bridgehead atoms. The van der Waals surface area contributed by atoms with Gasteiger partial charge in [0.1, 0.15) is 18.1 Å². The largest absolute Gasteiger partial charge is 0.464 e. The van der Waals surface area contributed by atoms with E-state index in [1.54, 1.807) is 26.7 Å². The first kappa shape index (κ1) is 42.5. The first-order chi connectivity index (χ1) is 28.6. The minimum absolute atomic E-state index is 0.0984. The van der Waals surface area contributed by atoms with Crippen LogP contribution in [0.3, 0.4) is 0 Å². The van der Waals surface area contributed by atoms with Gasteiger partial charge in [-0.15, -0.1) is 0 Å². The van der Waals surface area contributed by atoms with Crippen LogP contribution < -0.4 is 10.7 Å². The van der Waals surface area contributed by atoms with Crippen LogP contribution in [0.2, 0.25) is 0 Å². The molecule has 2 aliphatic heterocycles. The summed E-state index contributed by atoms with van der Waals surface area (Å²) in [6.07, 6.45) is 4.89. The highest BCUT2D eigenvalue weighted by molar-refractivity contribution is 5.97. The molecule has 2 aromatic carbocycles. The Hall–Kier alpha value is -5.60. The van der Waals surface area contributed by atoms with Crippen LogP contribution in [-0.4, -0.2) is 98.6 Å². The van der Waals surface area contributed by atoms with Crippen molar-refractivity contribution < 1.29 is 28.7 Å². The number of hydrazine groups is 1. The lowest BCUT2D eigenvalue weighted by atomic mass is 9.84. The van der Waals surface area contributed by atoms with Crippen LogP contribution in [0.25, 0.3) is 44.3 Å². The van der Waals surface area contributed by atoms with E-state index >= 15 is 0 Å². The van der Waals surface area contributed by atoms with Crippen molar-refractivity contribution in [3.8, 4) is 22.4 Å². The Morgan fingerprint density at radius 1 is 1.10 bits per heavy atom. The molecule has 3 N–H and O–H groups in total. The number of pyridine rings is 1. The number of carbonyl (C=O) groups is 4. The zero-order valence-corrected chi connectivity index (χ0v) is 36.2. The van der Waals surface area contributed by atoms with Crippen LogP contribution in [0.4, 0.5) is 0 Å². The molecule has 1 fully saturated rings. The van der Waals surface area contributed by atoms with Crippen LogP contribution in [-0.2, 0) is 48.0 Å². The van der Waals surface area contributed by atoms with Crippen molar-refractivity contribution >= 4 is 45.6 Å². The van der Waals surface area contributed by atoms with Gasteiger partial charge < -0.3 is 29.2 Å². The van der Waals surface area contributed by atoms with E-state index in [0.29, 0.717) is 37.9 Å². The van der Waals surface area contributed by atoms with Crippen LogP contribution >= 0.6 is 0 Å². The third-order valence-electron chi connectivity index (χ3n) is 12.1. The number of nitrogens with zero attached hydrogens (tertiary/aromatic N) is 5. The number of fused-ring (bicyclic) bond motifs is 8. The third-order valence-corrected chi connectivity index (χ3v) is 12.1. The highest BCUT2D eigenvalue weighted by Crippen LogP contribution is 2.42. The summed E-state index contributed by atoms with van der Waals surface area (Å²) < 4.78 is 14.3. The van der Waals surface area contributed by atoms with Crippen molar-refractivity contribution in [3.05, 3.63) is 71.8 Å². The molecule has 60 heavy (non-hydrogen) atoms. The number of hydrogen-bond donors (Lipinski definition) is 3. The monoisotopic (exact) mass is 818 g/mol. The van der Waals surface area contributed by atoms with Gasteiger partial charge in [-0.3, -0.25) is 29.2 Å². The van der Waals surface area contributed by atoms with Crippen LogP contribution in [0.15, 0.2) is 55.0 Å². The van der Waals surface area contributed by atoms with Gasteiger partial charge in [-0.2, -0.15) is 0 Å². The standard InChI is InChI=1S/C46H58N8O6/c1-10-53-38-16-15-29-20-33(38)34(42(53)32-13-11-17-47-39(32)27(4)59-9)23-46(6,7)24-60-45(58)35-14-12-18-54(51-35)44(57)37(50-43(56)41(26(2)3)52(8)28(5)55)22-31-19-30(29)21-36-40(31)49-25-48-36/h11,13,15-17,19-21,25-27,35,37,41,51H,10,12,14,18,22-24H2,1-9H3,(H,48,49)(H,50,56)/t27-,35-,37-,41-/m0/s1. The van der Waals surface area contributed by atoms with E-state index < -0.39 is 41.3 Å². The van der Waals surface area contributed by atoms with Gasteiger partial charge in [0, 0.05) is 68.7 Å². The molecular weight excluding hydrogens is 761 g/mol. The molecule has 14 nitrogen and oxygen atoms in total. The summed E-state index contributed by atoms with van der Waals surface area (Å²) >= 11 is 0. The Morgan fingerprint density at radius 2 is 1.88 bits per heavy atom. The minimum atomic E-state index is -1.06. The van der Waals surface area contributed by atoms with Gasteiger partial charge in [0.15, 0.2) is 0 Å². The second-order valence-electron chi connectivity index (χ2n) is 17.4. The predicted molar refractivity (Wildman–Crippen MR) is 230 cm³/mol. The van der Waals surface area contributed by atoms with Gasteiger partial charge >= 0.3 is 5.97 Å². The Morgan fingerprint density at radius 3 is 2.60 bits per heavy atom. The number of hydrogen-bond acceptors (Lipinski definition) is 9. The third kappa shape index (κ3) is 8.27. The average Bonchev–Trinajstić information content (AvgIpc) is 3.83. The molecule has 1 saturated heterocycles. The number of cyclic esters (lactones) is 1. The normalized spacial score (nSPS) is 19.5. The van der Waals surface area contributed by atoms with Crippen LogP contribution in [0, 0.1) is 11.3 Å². The molecule has 318 valence electrons. The smallest absolute Gasteiger partial charge is 0.324 e. The van der Waals surface area contributed by atoms with Crippen molar-refractivity contribution in [1.82, 2.24) is 40.2 Å². The minimum Gasteiger partial charge on any atom is -0.464 e. The van der Waals surface area contributed by atoms with E-state index in [0.717, 1.165) is 55.6 Å². The summed E-state index contributed by atoms with van der Waals surface area (Å²) in [4.78, 5) is 69.3. The number of nitrogens with one attached hydrogen (secondary N) is 3. The Kier molecular flexibility index (Phi) is 12.2. The lowest BCUT2D eigenvalue weighted by Crippen LogP contribution is -2.62. The molecule has 4 atom stereocenters. The van der Waals surface area contributed by atoms with Gasteiger partial charge in [0.25, 0.3) is 5.91 Å². The van der Waals surface area contributed by atoms with Gasteiger partial charge in [0.2, 0.25) is 11.8 Å². The number of carbonyl (C=O) groups excluding carboxylic acids is 4. The molecule has 5 aromatic rings. The molecule has 5 heterocycles. The number of amides is 3. The number of benzene rings is 2. The number of esters is 1.